The Labute approximate surface area is 167 Å². The molecule has 0 bridgehead atoms. The van der Waals surface area contributed by atoms with Gasteiger partial charge in [0.05, 0.1) is 7.11 Å². The highest BCUT2D eigenvalue weighted by Gasteiger charge is 2.26. The molecule has 0 aromatic heterocycles. The second-order valence-corrected chi connectivity index (χ2v) is 7.47. The van der Waals surface area contributed by atoms with Crippen LogP contribution >= 0.6 is 0 Å². The third kappa shape index (κ3) is 8.88. The number of amides is 2. The Kier molecular flexibility index (Phi) is 9.48. The lowest BCUT2D eigenvalue weighted by Gasteiger charge is -2.24. The van der Waals surface area contributed by atoms with E-state index in [1.165, 1.54) is 7.11 Å². The fourth-order valence-corrected chi connectivity index (χ4v) is 2.63. The SMILES string of the molecule is CCN(CCc1ccccc1)C(=O)CC[C@H](NC(=O)OC(C)(C)C)C(=O)OC. The van der Waals surface area contributed by atoms with Gasteiger partial charge >= 0.3 is 12.1 Å². The minimum atomic E-state index is -0.934. The van der Waals surface area contributed by atoms with Crippen LogP contribution < -0.4 is 5.32 Å². The van der Waals surface area contributed by atoms with Gasteiger partial charge in [0.1, 0.15) is 11.6 Å². The summed E-state index contributed by atoms with van der Waals surface area (Å²) in [7, 11) is 1.24. The summed E-state index contributed by atoms with van der Waals surface area (Å²) in [4.78, 5) is 38.2. The summed E-state index contributed by atoms with van der Waals surface area (Å²) < 4.78 is 9.91. The Bertz CT molecular complexity index is 640. The predicted molar refractivity (Wildman–Crippen MR) is 107 cm³/mol. The van der Waals surface area contributed by atoms with E-state index in [1.54, 1.807) is 25.7 Å². The summed E-state index contributed by atoms with van der Waals surface area (Å²) in [6.45, 7) is 8.29. The molecule has 0 radical (unpaired) electrons. The second-order valence-electron chi connectivity index (χ2n) is 7.47. The molecule has 1 rings (SSSR count). The van der Waals surface area contributed by atoms with Crippen LogP contribution in [0.25, 0.3) is 0 Å². The van der Waals surface area contributed by atoms with Crippen molar-refractivity contribution < 1.29 is 23.9 Å². The highest BCUT2D eigenvalue weighted by atomic mass is 16.6. The minimum absolute atomic E-state index is 0.0710. The van der Waals surface area contributed by atoms with Gasteiger partial charge < -0.3 is 19.7 Å². The molecule has 1 aromatic carbocycles. The molecule has 0 unspecified atom stereocenters. The summed E-state index contributed by atoms with van der Waals surface area (Å²) in [6.07, 6.45) is 0.314. The number of hydrogen-bond donors (Lipinski definition) is 1. The minimum Gasteiger partial charge on any atom is -0.467 e. The van der Waals surface area contributed by atoms with Crippen LogP contribution in [0.2, 0.25) is 0 Å². The van der Waals surface area contributed by atoms with Crippen LogP contribution in [0, 0.1) is 0 Å². The number of hydrogen-bond acceptors (Lipinski definition) is 5. The monoisotopic (exact) mass is 392 g/mol. The standard InChI is InChI=1S/C21H32N2O5/c1-6-23(15-14-16-10-8-7-9-11-16)18(24)13-12-17(19(25)27-5)22-20(26)28-21(2,3)4/h7-11,17H,6,12-15H2,1-5H3,(H,22,26)/t17-/m0/s1. The number of carbonyl (C=O) groups is 3. The molecule has 28 heavy (non-hydrogen) atoms. The van der Waals surface area contributed by atoms with Crippen LogP contribution in [0.5, 0.6) is 0 Å². The normalized spacial score (nSPS) is 12.0. The zero-order valence-corrected chi connectivity index (χ0v) is 17.5. The first kappa shape index (κ1) is 23.5. The summed E-state index contributed by atoms with van der Waals surface area (Å²) in [5, 5.41) is 2.49. The zero-order valence-electron chi connectivity index (χ0n) is 17.5. The molecule has 2 amide bonds. The van der Waals surface area contributed by atoms with E-state index in [2.05, 4.69) is 5.32 Å². The van der Waals surface area contributed by atoms with E-state index < -0.39 is 23.7 Å². The molecule has 156 valence electrons. The van der Waals surface area contributed by atoms with Crippen LogP contribution in [0.1, 0.15) is 46.1 Å². The summed E-state index contributed by atoms with van der Waals surface area (Å²) in [5.41, 5.74) is 0.476. The number of nitrogens with zero attached hydrogens (tertiary/aromatic N) is 1. The average Bonchev–Trinajstić information content (AvgIpc) is 2.64. The lowest BCUT2D eigenvalue weighted by molar-refractivity contribution is -0.143. The largest absolute Gasteiger partial charge is 0.467 e. The first-order valence-corrected chi connectivity index (χ1v) is 9.55. The van der Waals surface area contributed by atoms with E-state index in [1.807, 2.05) is 37.3 Å². The number of likely N-dealkylation sites (N-methyl/N-ethyl adjacent to an activating group) is 1. The number of alkyl carbamates (subject to hydrolysis) is 1. The van der Waals surface area contributed by atoms with Gasteiger partial charge in [0.25, 0.3) is 0 Å². The molecule has 7 nitrogen and oxygen atoms in total. The molecular weight excluding hydrogens is 360 g/mol. The van der Waals surface area contributed by atoms with Crippen molar-refractivity contribution in [3.05, 3.63) is 35.9 Å². The number of carbonyl (C=O) groups excluding carboxylic acids is 3. The molecule has 1 N–H and O–H groups in total. The maximum atomic E-state index is 12.6. The Morgan fingerprint density at radius 3 is 2.32 bits per heavy atom. The van der Waals surface area contributed by atoms with Gasteiger partial charge in [-0.15, -0.1) is 0 Å². The zero-order chi connectivity index (χ0) is 21.2. The van der Waals surface area contributed by atoms with Gasteiger partial charge in [-0.3, -0.25) is 4.79 Å². The molecule has 0 spiro atoms. The van der Waals surface area contributed by atoms with Crippen molar-refractivity contribution in [1.29, 1.82) is 0 Å². The molecule has 0 saturated heterocycles. The third-order valence-electron chi connectivity index (χ3n) is 4.07. The van der Waals surface area contributed by atoms with Crippen molar-refractivity contribution in [2.45, 2.75) is 58.6 Å². The topological polar surface area (TPSA) is 84.9 Å². The van der Waals surface area contributed by atoms with Crippen LogP contribution in [0.3, 0.4) is 0 Å². The number of ether oxygens (including phenoxy) is 2. The van der Waals surface area contributed by atoms with E-state index >= 15 is 0 Å². The van der Waals surface area contributed by atoms with Gasteiger partial charge in [-0.2, -0.15) is 0 Å². The van der Waals surface area contributed by atoms with E-state index in [0.717, 1.165) is 12.0 Å². The number of esters is 1. The van der Waals surface area contributed by atoms with Crippen molar-refractivity contribution in [2.75, 3.05) is 20.2 Å². The van der Waals surface area contributed by atoms with Crippen molar-refractivity contribution in [1.82, 2.24) is 10.2 Å². The number of rotatable bonds is 9. The number of nitrogens with one attached hydrogen (secondary N) is 1. The van der Waals surface area contributed by atoms with Crippen LogP contribution in [-0.2, 0) is 25.5 Å². The van der Waals surface area contributed by atoms with E-state index in [9.17, 15) is 14.4 Å². The van der Waals surface area contributed by atoms with E-state index in [4.69, 9.17) is 9.47 Å². The lowest BCUT2D eigenvalue weighted by Crippen LogP contribution is -2.44. The molecule has 0 aliphatic heterocycles. The highest BCUT2D eigenvalue weighted by molar-refractivity contribution is 5.83. The molecule has 0 aliphatic rings. The molecule has 1 aromatic rings. The Balaban J connectivity index is 2.59. The molecule has 7 heteroatoms. The molecule has 0 fully saturated rings. The van der Waals surface area contributed by atoms with E-state index in [0.29, 0.717) is 13.1 Å². The van der Waals surface area contributed by atoms with Crippen LogP contribution in [0.15, 0.2) is 30.3 Å². The molecule has 0 heterocycles. The fraction of sp³-hybridized carbons (Fsp3) is 0.571. The van der Waals surface area contributed by atoms with Crippen molar-refractivity contribution in [3.8, 4) is 0 Å². The van der Waals surface area contributed by atoms with Crippen molar-refractivity contribution >= 4 is 18.0 Å². The van der Waals surface area contributed by atoms with Crippen LogP contribution in [-0.4, -0.2) is 54.7 Å². The summed E-state index contributed by atoms with van der Waals surface area (Å²) >= 11 is 0. The second kappa shape index (κ2) is 11.3. The Hall–Kier alpha value is -2.57. The quantitative estimate of drug-likeness (QED) is 0.653. The lowest BCUT2D eigenvalue weighted by atomic mass is 10.1. The number of benzene rings is 1. The first-order chi connectivity index (χ1) is 13.2. The van der Waals surface area contributed by atoms with Gasteiger partial charge in [-0.1, -0.05) is 30.3 Å². The third-order valence-corrected chi connectivity index (χ3v) is 4.07. The molecular formula is C21H32N2O5. The summed E-state index contributed by atoms with van der Waals surface area (Å²) in [5.74, 6) is -0.677. The first-order valence-electron chi connectivity index (χ1n) is 9.55. The summed E-state index contributed by atoms with van der Waals surface area (Å²) in [6, 6.07) is 9.01. The van der Waals surface area contributed by atoms with Gasteiger partial charge in [-0.05, 0) is 46.1 Å². The van der Waals surface area contributed by atoms with Gasteiger partial charge in [0.15, 0.2) is 0 Å². The van der Waals surface area contributed by atoms with Crippen molar-refractivity contribution in [2.24, 2.45) is 0 Å². The molecule has 0 saturated carbocycles. The average molecular weight is 392 g/mol. The highest BCUT2D eigenvalue weighted by Crippen LogP contribution is 2.10. The smallest absolute Gasteiger partial charge is 0.408 e. The molecule has 0 aliphatic carbocycles. The van der Waals surface area contributed by atoms with Crippen LogP contribution in [0.4, 0.5) is 4.79 Å². The molecule has 1 atom stereocenters. The van der Waals surface area contributed by atoms with Gasteiger partial charge in [0.2, 0.25) is 5.91 Å². The Morgan fingerprint density at radius 2 is 1.79 bits per heavy atom. The van der Waals surface area contributed by atoms with E-state index in [-0.39, 0.29) is 18.7 Å². The Morgan fingerprint density at radius 1 is 1.14 bits per heavy atom. The van der Waals surface area contributed by atoms with Crippen molar-refractivity contribution in [3.63, 3.8) is 0 Å². The van der Waals surface area contributed by atoms with Gasteiger partial charge in [0, 0.05) is 19.5 Å². The maximum Gasteiger partial charge on any atom is 0.408 e. The number of methoxy groups -OCH3 is 1. The predicted octanol–water partition coefficient (Wildman–Crippen LogP) is 2.92. The fourth-order valence-electron chi connectivity index (χ4n) is 2.63. The maximum absolute atomic E-state index is 12.6. The van der Waals surface area contributed by atoms with Gasteiger partial charge in [-0.25, -0.2) is 9.59 Å².